The quantitative estimate of drug-likeness (QED) is 0.610. The van der Waals surface area contributed by atoms with Gasteiger partial charge in [-0.3, -0.25) is 14.7 Å². The Balaban J connectivity index is 1.42. The van der Waals surface area contributed by atoms with Crippen molar-refractivity contribution < 1.29 is 4.79 Å². The van der Waals surface area contributed by atoms with E-state index in [2.05, 4.69) is 34.0 Å². The third-order valence-electron chi connectivity index (χ3n) is 5.79. The van der Waals surface area contributed by atoms with Crippen LogP contribution in [0.1, 0.15) is 51.4 Å². The average molecular weight is 424 g/mol. The summed E-state index contributed by atoms with van der Waals surface area (Å²) in [6, 6.07) is 3.98. The molecule has 0 unspecified atom stereocenters. The highest BCUT2D eigenvalue weighted by molar-refractivity contribution is 7.10. The molecule has 0 fully saturated rings. The smallest absolute Gasteiger partial charge is 0.225 e. The number of hydrogen-bond donors (Lipinski definition) is 2. The van der Waals surface area contributed by atoms with E-state index in [0.717, 1.165) is 60.3 Å². The Hall–Kier alpha value is -2.51. The Kier molecular flexibility index (Phi) is 6.29. The summed E-state index contributed by atoms with van der Waals surface area (Å²) in [6.45, 7) is 9.50. The van der Waals surface area contributed by atoms with E-state index in [0.29, 0.717) is 13.0 Å². The second-order valence-electron chi connectivity index (χ2n) is 7.93. The molecule has 6 nitrogen and oxygen atoms in total. The Labute approximate surface area is 181 Å². The molecule has 0 aromatic carbocycles. The Morgan fingerprint density at radius 3 is 2.97 bits per heavy atom. The van der Waals surface area contributed by atoms with Crippen LogP contribution in [-0.4, -0.2) is 32.3 Å². The lowest BCUT2D eigenvalue weighted by molar-refractivity contribution is -0.120. The van der Waals surface area contributed by atoms with Gasteiger partial charge in [-0.05, 0) is 48.4 Å². The number of pyridine rings is 1. The van der Waals surface area contributed by atoms with Gasteiger partial charge in [-0.25, -0.2) is 4.98 Å². The van der Waals surface area contributed by atoms with Crippen molar-refractivity contribution in [3.8, 4) is 0 Å². The van der Waals surface area contributed by atoms with Gasteiger partial charge >= 0.3 is 0 Å². The highest BCUT2D eigenvalue weighted by Gasteiger charge is 2.22. The topological polar surface area (TPSA) is 73.9 Å². The number of carbonyl (C=O) groups is 1. The van der Waals surface area contributed by atoms with Gasteiger partial charge in [0.1, 0.15) is 5.82 Å². The molecule has 0 atom stereocenters. The van der Waals surface area contributed by atoms with Crippen LogP contribution in [0, 0.1) is 13.8 Å². The van der Waals surface area contributed by atoms with Gasteiger partial charge in [0.15, 0.2) is 0 Å². The Morgan fingerprint density at radius 2 is 2.23 bits per heavy atom. The molecule has 1 aliphatic heterocycles. The highest BCUT2D eigenvalue weighted by Crippen LogP contribution is 2.25. The number of aromatic amines is 1. The van der Waals surface area contributed by atoms with Crippen LogP contribution in [0.15, 0.2) is 23.7 Å². The summed E-state index contributed by atoms with van der Waals surface area (Å²) < 4.78 is 0. The molecule has 3 aromatic rings. The third-order valence-corrected chi connectivity index (χ3v) is 6.67. The van der Waals surface area contributed by atoms with Gasteiger partial charge in [-0.2, -0.15) is 0 Å². The number of amides is 1. The van der Waals surface area contributed by atoms with Crippen LogP contribution in [0.25, 0.3) is 0 Å². The van der Waals surface area contributed by atoms with Crippen LogP contribution >= 0.6 is 11.3 Å². The largest absolute Gasteiger partial charge is 0.352 e. The van der Waals surface area contributed by atoms with Crippen molar-refractivity contribution in [2.24, 2.45) is 0 Å². The first kappa shape index (κ1) is 20.8. The van der Waals surface area contributed by atoms with Crippen LogP contribution in [0.4, 0.5) is 0 Å². The second kappa shape index (κ2) is 9.10. The van der Waals surface area contributed by atoms with Crippen molar-refractivity contribution in [1.29, 1.82) is 0 Å². The molecule has 1 aliphatic rings. The maximum Gasteiger partial charge on any atom is 0.225 e. The summed E-state index contributed by atoms with van der Waals surface area (Å²) in [5.74, 6) is 1.12. The van der Waals surface area contributed by atoms with Gasteiger partial charge in [0.25, 0.3) is 0 Å². The molecule has 4 heterocycles. The van der Waals surface area contributed by atoms with Gasteiger partial charge in [-0.1, -0.05) is 13.0 Å². The fourth-order valence-electron chi connectivity index (χ4n) is 4.07. The number of nitrogens with one attached hydrogen (secondary N) is 2. The minimum Gasteiger partial charge on any atom is -0.352 e. The second-order valence-corrected chi connectivity index (χ2v) is 8.96. The highest BCUT2D eigenvalue weighted by atomic mass is 32.1. The summed E-state index contributed by atoms with van der Waals surface area (Å²) >= 11 is 1.62. The van der Waals surface area contributed by atoms with Crippen LogP contribution in [0.5, 0.6) is 0 Å². The van der Waals surface area contributed by atoms with Gasteiger partial charge in [0.05, 0.1) is 12.1 Å². The van der Waals surface area contributed by atoms with E-state index in [4.69, 9.17) is 4.98 Å². The number of aryl methyl sites for hydroxylation is 3. The normalized spacial score (nSPS) is 14.0. The van der Waals surface area contributed by atoms with Crippen molar-refractivity contribution in [3.05, 3.63) is 68.2 Å². The Morgan fingerprint density at radius 1 is 1.37 bits per heavy atom. The van der Waals surface area contributed by atoms with Gasteiger partial charge in [-0.15, -0.1) is 11.3 Å². The number of thiophene rings is 1. The first-order valence-electron chi connectivity index (χ1n) is 10.6. The lowest BCUT2D eigenvalue weighted by Crippen LogP contribution is -2.33. The van der Waals surface area contributed by atoms with E-state index < -0.39 is 0 Å². The zero-order chi connectivity index (χ0) is 21.1. The molecular weight excluding hydrogens is 394 g/mol. The number of hydrogen-bond acceptors (Lipinski definition) is 5. The van der Waals surface area contributed by atoms with Crippen LogP contribution in [-0.2, 0) is 43.7 Å². The molecule has 0 saturated carbocycles. The molecule has 4 rings (SSSR count). The molecule has 7 heteroatoms. The van der Waals surface area contributed by atoms with Crippen molar-refractivity contribution in [1.82, 2.24) is 25.2 Å². The van der Waals surface area contributed by atoms with Crippen LogP contribution < -0.4 is 5.32 Å². The van der Waals surface area contributed by atoms with E-state index in [1.54, 1.807) is 11.3 Å². The molecule has 3 aromatic heterocycles. The van der Waals surface area contributed by atoms with Crippen molar-refractivity contribution in [2.45, 2.75) is 59.7 Å². The minimum absolute atomic E-state index is 0.0626. The minimum atomic E-state index is 0.0626. The molecule has 1 amide bonds. The third kappa shape index (κ3) is 4.63. The van der Waals surface area contributed by atoms with Crippen molar-refractivity contribution in [3.63, 3.8) is 0 Å². The monoisotopic (exact) mass is 423 g/mol. The number of carbonyl (C=O) groups excluding carboxylic acids is 1. The summed E-state index contributed by atoms with van der Waals surface area (Å²) in [7, 11) is 0. The molecule has 0 bridgehead atoms. The summed E-state index contributed by atoms with van der Waals surface area (Å²) in [6.07, 6.45) is 4.34. The zero-order valence-electron chi connectivity index (χ0n) is 17.9. The molecule has 30 heavy (non-hydrogen) atoms. The number of H-pyrrole nitrogens is 1. The standard InChI is InChI=1S/C23H29N5OS/c1-4-22-26-16(3)21(27-22)14-28-8-7-19-17(13-28)11-24-15(2)20(19)12-25-23(29)10-18-6-5-9-30-18/h5-6,9,11H,4,7-8,10,12-14H2,1-3H3,(H,25,29)(H,26,27). The molecule has 0 aliphatic carbocycles. The van der Waals surface area contributed by atoms with Crippen molar-refractivity contribution >= 4 is 17.2 Å². The maximum absolute atomic E-state index is 12.3. The SMILES string of the molecule is CCc1nc(CN2CCc3c(cnc(C)c3CNC(=O)Cc3cccs3)C2)c(C)[nH]1. The van der Waals surface area contributed by atoms with E-state index in [9.17, 15) is 4.79 Å². The first-order valence-corrected chi connectivity index (χ1v) is 11.4. The predicted octanol–water partition coefficient (Wildman–Crippen LogP) is 3.46. The average Bonchev–Trinajstić information content (AvgIpc) is 3.37. The number of aromatic nitrogens is 3. The molecule has 2 N–H and O–H groups in total. The first-order chi connectivity index (χ1) is 14.5. The number of fused-ring (bicyclic) bond motifs is 1. The van der Waals surface area contributed by atoms with Crippen LogP contribution in [0.3, 0.4) is 0 Å². The summed E-state index contributed by atoms with van der Waals surface area (Å²) in [5.41, 5.74) is 7.09. The number of imidazole rings is 1. The van der Waals surface area contributed by atoms with Gasteiger partial charge in [0.2, 0.25) is 5.91 Å². The summed E-state index contributed by atoms with van der Waals surface area (Å²) in [4.78, 5) is 28.6. The molecule has 158 valence electrons. The fraction of sp³-hybridized carbons (Fsp3) is 0.435. The lowest BCUT2D eigenvalue weighted by Gasteiger charge is -2.30. The van der Waals surface area contributed by atoms with E-state index in [1.807, 2.05) is 30.6 Å². The molecule has 0 radical (unpaired) electrons. The predicted molar refractivity (Wildman–Crippen MR) is 119 cm³/mol. The number of nitrogens with zero attached hydrogens (tertiary/aromatic N) is 3. The lowest BCUT2D eigenvalue weighted by atomic mass is 9.94. The Bertz CT molecular complexity index is 1020. The van der Waals surface area contributed by atoms with Crippen LogP contribution in [0.2, 0.25) is 0 Å². The van der Waals surface area contributed by atoms with E-state index in [1.165, 1.54) is 16.7 Å². The zero-order valence-corrected chi connectivity index (χ0v) is 18.7. The fourth-order valence-corrected chi connectivity index (χ4v) is 4.77. The molecular formula is C23H29N5OS. The van der Waals surface area contributed by atoms with Crippen molar-refractivity contribution in [2.75, 3.05) is 6.54 Å². The summed E-state index contributed by atoms with van der Waals surface area (Å²) in [5, 5.41) is 5.10. The molecule has 0 saturated heterocycles. The van der Waals surface area contributed by atoms with E-state index in [-0.39, 0.29) is 5.91 Å². The maximum atomic E-state index is 12.3. The van der Waals surface area contributed by atoms with E-state index >= 15 is 0 Å². The molecule has 0 spiro atoms. The number of rotatable bonds is 7. The van der Waals surface area contributed by atoms with Gasteiger partial charge < -0.3 is 10.3 Å². The van der Waals surface area contributed by atoms with Gasteiger partial charge in [0, 0.05) is 55.1 Å².